The molecule has 1 spiro atoms. The van der Waals surface area contributed by atoms with Crippen LogP contribution in [0, 0.1) is 11.2 Å². The van der Waals surface area contributed by atoms with Crippen LogP contribution < -0.4 is 10.5 Å². The molecule has 1 N–H and O–H groups in total. The second kappa shape index (κ2) is 6.91. The number of anilines is 1. The van der Waals surface area contributed by atoms with Gasteiger partial charge in [-0.2, -0.15) is 0 Å². The van der Waals surface area contributed by atoms with Gasteiger partial charge >= 0.3 is 0 Å². The van der Waals surface area contributed by atoms with Crippen molar-refractivity contribution in [2.24, 2.45) is 5.41 Å². The van der Waals surface area contributed by atoms with Gasteiger partial charge in [0.15, 0.2) is 0 Å². The van der Waals surface area contributed by atoms with Gasteiger partial charge in [0.05, 0.1) is 5.69 Å². The van der Waals surface area contributed by atoms with Gasteiger partial charge in [0.25, 0.3) is 5.56 Å². The molecule has 1 aromatic heterocycles. The molecule has 1 aromatic carbocycles. The second-order valence-corrected chi connectivity index (χ2v) is 9.89. The first-order valence-corrected chi connectivity index (χ1v) is 11.5. The van der Waals surface area contributed by atoms with Crippen molar-refractivity contribution < 1.29 is 4.39 Å². The number of H-pyrrole nitrogens is 1. The van der Waals surface area contributed by atoms with E-state index in [1.54, 1.807) is 12.1 Å². The van der Waals surface area contributed by atoms with Crippen LogP contribution in [0.4, 0.5) is 10.1 Å². The molecular formula is C24H29FN4O. The molecule has 1 saturated carbocycles. The Labute approximate surface area is 176 Å². The van der Waals surface area contributed by atoms with E-state index in [1.165, 1.54) is 25.7 Å². The van der Waals surface area contributed by atoms with Crippen molar-refractivity contribution in [2.45, 2.75) is 63.5 Å². The highest BCUT2D eigenvalue weighted by Gasteiger charge is 2.46. The Kier molecular flexibility index (Phi) is 4.27. The van der Waals surface area contributed by atoms with E-state index in [2.05, 4.69) is 14.8 Å². The number of benzene rings is 1. The molecule has 158 valence electrons. The zero-order valence-corrected chi connectivity index (χ0v) is 17.4. The van der Waals surface area contributed by atoms with Crippen LogP contribution in [-0.4, -0.2) is 46.6 Å². The van der Waals surface area contributed by atoms with Crippen molar-refractivity contribution in [3.8, 4) is 0 Å². The van der Waals surface area contributed by atoms with E-state index in [4.69, 9.17) is 4.98 Å². The summed E-state index contributed by atoms with van der Waals surface area (Å²) in [5.74, 6) is 0.688. The molecule has 2 unspecified atom stereocenters. The van der Waals surface area contributed by atoms with Crippen molar-refractivity contribution in [3.63, 3.8) is 0 Å². The Morgan fingerprint density at radius 2 is 1.97 bits per heavy atom. The van der Waals surface area contributed by atoms with Crippen molar-refractivity contribution >= 4 is 5.69 Å². The Balaban J connectivity index is 1.04. The number of rotatable bonds is 5. The van der Waals surface area contributed by atoms with Gasteiger partial charge in [-0.15, -0.1) is 0 Å². The van der Waals surface area contributed by atoms with Crippen LogP contribution in [-0.2, 0) is 19.3 Å². The molecule has 2 saturated heterocycles. The van der Waals surface area contributed by atoms with E-state index >= 15 is 0 Å². The van der Waals surface area contributed by atoms with Crippen LogP contribution in [0.1, 0.15) is 49.2 Å². The Morgan fingerprint density at radius 1 is 1.13 bits per heavy atom. The lowest BCUT2D eigenvalue weighted by Gasteiger charge is -2.35. The largest absolute Gasteiger partial charge is 0.366 e. The summed E-state index contributed by atoms with van der Waals surface area (Å²) in [6.07, 6.45) is 8.72. The molecule has 5 nitrogen and oxygen atoms in total. The molecule has 30 heavy (non-hydrogen) atoms. The van der Waals surface area contributed by atoms with Crippen LogP contribution in [0.5, 0.6) is 0 Å². The van der Waals surface area contributed by atoms with E-state index in [0.29, 0.717) is 17.5 Å². The number of fused-ring (bicyclic) bond motifs is 3. The summed E-state index contributed by atoms with van der Waals surface area (Å²) in [7, 11) is 0. The molecule has 2 aliphatic heterocycles. The van der Waals surface area contributed by atoms with Crippen LogP contribution in [0.25, 0.3) is 0 Å². The highest BCUT2D eigenvalue weighted by atomic mass is 19.1. The topological polar surface area (TPSA) is 52.2 Å². The van der Waals surface area contributed by atoms with Gasteiger partial charge in [-0.05, 0) is 81.2 Å². The molecule has 0 radical (unpaired) electrons. The van der Waals surface area contributed by atoms with E-state index in [9.17, 15) is 9.18 Å². The predicted octanol–water partition coefficient (Wildman–Crippen LogP) is 3.07. The van der Waals surface area contributed by atoms with Crippen molar-refractivity contribution in [3.05, 3.63) is 57.5 Å². The number of aryl methyl sites for hydroxylation is 2. The molecule has 2 bridgehead atoms. The fourth-order valence-corrected chi connectivity index (χ4v) is 5.98. The van der Waals surface area contributed by atoms with Crippen LogP contribution in [0.3, 0.4) is 0 Å². The second-order valence-electron chi connectivity index (χ2n) is 9.89. The molecule has 3 fully saturated rings. The number of hydrogen-bond donors (Lipinski definition) is 1. The Morgan fingerprint density at radius 3 is 2.70 bits per heavy atom. The number of piperazine rings is 1. The Bertz CT molecular complexity index is 1010. The molecule has 2 aliphatic carbocycles. The average Bonchev–Trinajstić information content (AvgIpc) is 3.18. The third-order valence-corrected chi connectivity index (χ3v) is 7.92. The van der Waals surface area contributed by atoms with Crippen LogP contribution >= 0.6 is 0 Å². The summed E-state index contributed by atoms with van der Waals surface area (Å²) < 4.78 is 13.2. The molecule has 4 aliphatic rings. The lowest BCUT2D eigenvalue weighted by atomic mass is 9.84. The predicted molar refractivity (Wildman–Crippen MR) is 114 cm³/mol. The number of halogens is 1. The molecule has 6 rings (SSSR count). The van der Waals surface area contributed by atoms with E-state index in [1.807, 2.05) is 12.1 Å². The summed E-state index contributed by atoms with van der Waals surface area (Å²) in [5.41, 5.74) is 3.70. The summed E-state index contributed by atoms with van der Waals surface area (Å²) in [5, 5.41) is 0. The average molecular weight is 409 g/mol. The van der Waals surface area contributed by atoms with Gasteiger partial charge < -0.3 is 9.88 Å². The third kappa shape index (κ3) is 3.25. The van der Waals surface area contributed by atoms with E-state index < -0.39 is 0 Å². The number of aromatic nitrogens is 2. The maximum Gasteiger partial charge on any atom is 0.254 e. The first-order valence-electron chi connectivity index (χ1n) is 11.5. The van der Waals surface area contributed by atoms with Crippen molar-refractivity contribution in [1.82, 2.24) is 14.9 Å². The number of likely N-dealkylation sites (tertiary alicyclic amines) is 1. The minimum Gasteiger partial charge on any atom is -0.366 e. The number of nitrogens with one attached hydrogen (secondary N) is 1. The zero-order chi connectivity index (χ0) is 20.3. The first kappa shape index (κ1) is 18.6. The summed E-state index contributed by atoms with van der Waals surface area (Å²) in [6, 6.07) is 7.99. The molecule has 0 amide bonds. The van der Waals surface area contributed by atoms with Crippen molar-refractivity contribution in [2.75, 3.05) is 24.5 Å². The summed E-state index contributed by atoms with van der Waals surface area (Å²) >= 11 is 0. The van der Waals surface area contributed by atoms with Gasteiger partial charge in [0, 0.05) is 42.8 Å². The molecule has 2 aromatic rings. The standard InChI is InChI=1S/C24H29FN4O/c25-16-3-5-17(6-4-16)29-15-18-12-19(29)14-28(18)11-1-2-22-26-21-7-8-24(9-10-24)13-20(21)23(30)27-22/h3-6,18-19H,1-2,7-15H2,(H,26,27,30). The minimum atomic E-state index is -0.175. The van der Waals surface area contributed by atoms with Crippen LogP contribution in [0.2, 0.25) is 0 Å². The van der Waals surface area contributed by atoms with Crippen molar-refractivity contribution in [1.29, 1.82) is 0 Å². The fraction of sp³-hybridized carbons (Fsp3) is 0.583. The zero-order valence-electron chi connectivity index (χ0n) is 17.4. The minimum absolute atomic E-state index is 0.108. The summed E-state index contributed by atoms with van der Waals surface area (Å²) in [4.78, 5) is 25.5. The normalized spacial score (nSPS) is 26.4. The SMILES string of the molecule is O=c1[nH]c(CCCN2CC3CC2CN3c2ccc(F)cc2)nc2c1CC1(CC2)CC1. The van der Waals surface area contributed by atoms with E-state index in [-0.39, 0.29) is 11.4 Å². The lowest BCUT2D eigenvalue weighted by molar-refractivity contribution is 0.235. The first-order chi connectivity index (χ1) is 14.6. The molecule has 2 atom stereocenters. The summed E-state index contributed by atoms with van der Waals surface area (Å²) in [6.45, 7) is 3.13. The third-order valence-electron chi connectivity index (χ3n) is 7.92. The van der Waals surface area contributed by atoms with Gasteiger partial charge in [-0.1, -0.05) is 0 Å². The quantitative estimate of drug-likeness (QED) is 0.826. The molecular weight excluding hydrogens is 379 g/mol. The monoisotopic (exact) mass is 408 g/mol. The Hall–Kier alpha value is -2.21. The van der Waals surface area contributed by atoms with Gasteiger partial charge in [-0.25, -0.2) is 9.37 Å². The molecule has 3 heterocycles. The van der Waals surface area contributed by atoms with Crippen LogP contribution in [0.15, 0.2) is 29.1 Å². The number of hydrogen-bond acceptors (Lipinski definition) is 4. The van der Waals surface area contributed by atoms with Gasteiger partial charge in [0.2, 0.25) is 0 Å². The maximum absolute atomic E-state index is 13.2. The smallest absolute Gasteiger partial charge is 0.254 e. The lowest BCUT2D eigenvalue weighted by Crippen LogP contribution is -2.46. The van der Waals surface area contributed by atoms with Gasteiger partial charge in [0.1, 0.15) is 11.6 Å². The highest BCUT2D eigenvalue weighted by Crippen LogP contribution is 2.53. The van der Waals surface area contributed by atoms with Gasteiger partial charge in [-0.3, -0.25) is 9.69 Å². The number of aromatic amines is 1. The maximum atomic E-state index is 13.2. The highest BCUT2D eigenvalue weighted by molar-refractivity contribution is 5.50. The number of nitrogens with zero attached hydrogens (tertiary/aromatic N) is 3. The molecule has 6 heteroatoms. The van der Waals surface area contributed by atoms with E-state index in [0.717, 1.165) is 68.1 Å². The fourth-order valence-electron chi connectivity index (χ4n) is 5.98.